The van der Waals surface area contributed by atoms with Crippen LogP contribution in [0.1, 0.15) is 10.4 Å². The van der Waals surface area contributed by atoms with Crippen LogP contribution in [0.2, 0.25) is 0 Å². The number of nitrogens with zero attached hydrogens (tertiary/aromatic N) is 3. The minimum absolute atomic E-state index is 0.162. The molecule has 0 unspecified atom stereocenters. The Kier molecular flexibility index (Phi) is 4.19. The average Bonchev–Trinajstić information content (AvgIpc) is 2.37. The van der Waals surface area contributed by atoms with E-state index in [-0.39, 0.29) is 22.7 Å². The van der Waals surface area contributed by atoms with Gasteiger partial charge in [-0.05, 0) is 17.7 Å². The summed E-state index contributed by atoms with van der Waals surface area (Å²) in [6, 6.07) is 2.81. The average molecular weight is 237 g/mol. The Morgan fingerprint density at radius 2 is 2.00 bits per heavy atom. The molecular weight excluding hydrogens is 226 g/mol. The molecule has 0 N–H and O–H groups in total. The highest BCUT2D eigenvalue weighted by Crippen LogP contribution is 2.38. The van der Waals surface area contributed by atoms with Gasteiger partial charge in [0.05, 0.1) is 32.6 Å². The molecule has 1 aromatic rings. The van der Waals surface area contributed by atoms with Crippen LogP contribution in [0.5, 0.6) is 11.5 Å². The molecule has 0 heterocycles. The Morgan fingerprint density at radius 1 is 1.29 bits per heavy atom. The van der Waals surface area contributed by atoms with Gasteiger partial charge in [-0.2, -0.15) is 0 Å². The number of carbonyl (C=O) groups excluding carboxylic acids is 1. The molecule has 0 aliphatic rings. The second kappa shape index (κ2) is 5.62. The van der Waals surface area contributed by atoms with E-state index in [1.165, 1.54) is 33.5 Å². The summed E-state index contributed by atoms with van der Waals surface area (Å²) in [5.41, 5.74) is 8.81. The Hall–Kier alpha value is -2.40. The molecule has 0 aliphatic heterocycles. The van der Waals surface area contributed by atoms with E-state index in [0.717, 1.165) is 0 Å². The van der Waals surface area contributed by atoms with Crippen molar-refractivity contribution in [1.82, 2.24) is 0 Å². The lowest BCUT2D eigenvalue weighted by atomic mass is 10.1. The summed E-state index contributed by atoms with van der Waals surface area (Å²) in [6.45, 7) is 0. The van der Waals surface area contributed by atoms with E-state index >= 15 is 0 Å². The van der Waals surface area contributed by atoms with Gasteiger partial charge < -0.3 is 14.2 Å². The third kappa shape index (κ3) is 2.59. The number of esters is 1. The van der Waals surface area contributed by atoms with E-state index in [9.17, 15) is 4.79 Å². The molecule has 0 radical (unpaired) electrons. The molecule has 17 heavy (non-hydrogen) atoms. The first-order chi connectivity index (χ1) is 8.17. The molecule has 0 bridgehead atoms. The number of rotatable bonds is 4. The first kappa shape index (κ1) is 12.7. The summed E-state index contributed by atoms with van der Waals surface area (Å²) in [6.07, 6.45) is 0. The zero-order valence-corrected chi connectivity index (χ0v) is 9.63. The molecule has 0 saturated heterocycles. The summed E-state index contributed by atoms with van der Waals surface area (Å²) < 4.78 is 14.7. The van der Waals surface area contributed by atoms with Crippen molar-refractivity contribution in [2.24, 2.45) is 5.11 Å². The van der Waals surface area contributed by atoms with Crippen LogP contribution < -0.4 is 9.47 Å². The minimum atomic E-state index is -0.555. The number of hydrogen-bond acceptors (Lipinski definition) is 5. The van der Waals surface area contributed by atoms with E-state index in [1.54, 1.807) is 0 Å². The maximum atomic E-state index is 11.4. The fourth-order valence-electron chi connectivity index (χ4n) is 1.30. The molecule has 0 spiro atoms. The molecule has 7 nitrogen and oxygen atoms in total. The van der Waals surface area contributed by atoms with Crippen LogP contribution in [-0.4, -0.2) is 27.3 Å². The van der Waals surface area contributed by atoms with Crippen LogP contribution in [0, 0.1) is 0 Å². The summed E-state index contributed by atoms with van der Waals surface area (Å²) in [5.74, 6) is -0.00361. The first-order valence-corrected chi connectivity index (χ1v) is 4.57. The third-order valence-electron chi connectivity index (χ3n) is 2.03. The predicted octanol–water partition coefficient (Wildman–Crippen LogP) is 2.43. The molecule has 1 rings (SSSR count). The second-order valence-corrected chi connectivity index (χ2v) is 2.91. The fourth-order valence-corrected chi connectivity index (χ4v) is 1.30. The SMILES string of the molecule is COC(=O)c1cc(N=[N+]=[N-])c(OC)c(OC)c1. The smallest absolute Gasteiger partial charge is 0.337 e. The van der Waals surface area contributed by atoms with Crippen LogP contribution in [0.15, 0.2) is 17.2 Å². The molecule has 7 heteroatoms. The van der Waals surface area contributed by atoms with E-state index < -0.39 is 5.97 Å². The predicted molar refractivity (Wildman–Crippen MR) is 59.7 cm³/mol. The van der Waals surface area contributed by atoms with Gasteiger partial charge in [-0.3, -0.25) is 0 Å². The van der Waals surface area contributed by atoms with Crippen molar-refractivity contribution in [2.45, 2.75) is 0 Å². The van der Waals surface area contributed by atoms with Crippen molar-refractivity contribution in [3.05, 3.63) is 28.1 Å². The molecule has 90 valence electrons. The number of ether oxygens (including phenoxy) is 3. The van der Waals surface area contributed by atoms with Gasteiger partial charge in [-0.25, -0.2) is 4.79 Å². The van der Waals surface area contributed by atoms with Gasteiger partial charge >= 0.3 is 5.97 Å². The fraction of sp³-hybridized carbons (Fsp3) is 0.300. The standard InChI is InChI=1S/C10H11N3O4/c1-15-8-5-6(10(14)17-3)4-7(12-13-11)9(8)16-2/h4-5H,1-3H3. The number of benzene rings is 1. The van der Waals surface area contributed by atoms with Gasteiger partial charge in [0, 0.05) is 4.91 Å². The van der Waals surface area contributed by atoms with Crippen LogP contribution in [0.3, 0.4) is 0 Å². The van der Waals surface area contributed by atoms with Crippen molar-refractivity contribution >= 4 is 11.7 Å². The van der Waals surface area contributed by atoms with Gasteiger partial charge in [0.1, 0.15) is 0 Å². The number of carbonyl (C=O) groups is 1. The highest BCUT2D eigenvalue weighted by Gasteiger charge is 2.15. The molecule has 1 aromatic carbocycles. The largest absolute Gasteiger partial charge is 0.493 e. The monoisotopic (exact) mass is 237 g/mol. The lowest BCUT2D eigenvalue weighted by Gasteiger charge is -2.11. The maximum absolute atomic E-state index is 11.4. The molecule has 0 saturated carbocycles. The van der Waals surface area contributed by atoms with Crippen molar-refractivity contribution in [3.8, 4) is 11.5 Å². The van der Waals surface area contributed by atoms with Gasteiger partial charge in [-0.1, -0.05) is 5.11 Å². The molecular formula is C10H11N3O4. The first-order valence-electron chi connectivity index (χ1n) is 4.57. The molecule has 0 aliphatic carbocycles. The Balaban J connectivity index is 3.44. The van der Waals surface area contributed by atoms with E-state index in [1.807, 2.05) is 0 Å². The Labute approximate surface area is 97.5 Å². The Morgan fingerprint density at radius 3 is 2.47 bits per heavy atom. The van der Waals surface area contributed by atoms with Gasteiger partial charge in [0.2, 0.25) is 0 Å². The molecule has 0 fully saturated rings. The van der Waals surface area contributed by atoms with Crippen LogP contribution >= 0.6 is 0 Å². The quantitative estimate of drug-likeness (QED) is 0.348. The van der Waals surface area contributed by atoms with Gasteiger partial charge in [0.25, 0.3) is 0 Å². The number of methoxy groups -OCH3 is 3. The van der Waals surface area contributed by atoms with Crippen molar-refractivity contribution in [2.75, 3.05) is 21.3 Å². The second-order valence-electron chi connectivity index (χ2n) is 2.91. The van der Waals surface area contributed by atoms with E-state index in [2.05, 4.69) is 14.8 Å². The lowest BCUT2D eigenvalue weighted by molar-refractivity contribution is 0.0600. The lowest BCUT2D eigenvalue weighted by Crippen LogP contribution is -2.02. The van der Waals surface area contributed by atoms with Crippen LogP contribution in [-0.2, 0) is 4.74 Å². The normalized spacial score (nSPS) is 9.12. The Bertz CT molecular complexity index is 481. The minimum Gasteiger partial charge on any atom is -0.493 e. The summed E-state index contributed by atoms with van der Waals surface area (Å²) in [4.78, 5) is 14.0. The summed E-state index contributed by atoms with van der Waals surface area (Å²) in [5, 5.41) is 3.43. The topological polar surface area (TPSA) is 93.5 Å². The zero-order valence-electron chi connectivity index (χ0n) is 9.63. The highest BCUT2D eigenvalue weighted by molar-refractivity contribution is 5.92. The van der Waals surface area contributed by atoms with Crippen LogP contribution in [0.4, 0.5) is 5.69 Å². The van der Waals surface area contributed by atoms with Gasteiger partial charge in [0.15, 0.2) is 11.5 Å². The van der Waals surface area contributed by atoms with Crippen molar-refractivity contribution < 1.29 is 19.0 Å². The number of hydrogen-bond donors (Lipinski definition) is 0. The maximum Gasteiger partial charge on any atom is 0.337 e. The molecule has 0 atom stereocenters. The number of azide groups is 1. The van der Waals surface area contributed by atoms with Crippen LogP contribution in [0.25, 0.3) is 10.4 Å². The summed E-state index contributed by atoms with van der Waals surface area (Å²) in [7, 11) is 4.08. The third-order valence-corrected chi connectivity index (χ3v) is 2.03. The molecule has 0 amide bonds. The zero-order chi connectivity index (χ0) is 12.8. The molecule has 0 aromatic heterocycles. The highest BCUT2D eigenvalue weighted by atomic mass is 16.5. The van der Waals surface area contributed by atoms with E-state index in [0.29, 0.717) is 0 Å². The van der Waals surface area contributed by atoms with Crippen molar-refractivity contribution in [1.29, 1.82) is 0 Å². The van der Waals surface area contributed by atoms with E-state index in [4.69, 9.17) is 15.0 Å². The summed E-state index contributed by atoms with van der Waals surface area (Å²) >= 11 is 0. The van der Waals surface area contributed by atoms with Gasteiger partial charge in [-0.15, -0.1) is 0 Å². The van der Waals surface area contributed by atoms with Crippen molar-refractivity contribution in [3.63, 3.8) is 0 Å².